The standard InChI is InChI=1S/C18H6F23NO6.C13H6F13NO3/c19-8(12(24,25)26,7(45)42-5-3-4(43)1-2-6(5)44)46-17(38,39)10(22,14(30,31)32)48-18(40,41)11(23,15(33,34)35)47-16(36,37)9(20,21)13(27,28)29;14-8(15,7(30)27-5-3-4(28)1-2-6(5)29)9(16,17)10(18,19)11(20,21)12(22,23)13(24,25)26/h1-3,43-44H,(H,42,45);1-3,28-29H,(H,27,30). The van der Waals surface area contributed by atoms with Gasteiger partial charge in [0.25, 0.3) is 5.91 Å². The van der Waals surface area contributed by atoms with Crippen molar-refractivity contribution in [2.75, 3.05) is 10.6 Å². The molecule has 2 amide bonds. The smallest absolute Gasteiger partial charge is 0.462 e. The van der Waals surface area contributed by atoms with Crippen LogP contribution in [0.4, 0.5) is 169 Å². The van der Waals surface area contributed by atoms with Crippen molar-refractivity contribution in [1.82, 2.24) is 0 Å². The summed E-state index contributed by atoms with van der Waals surface area (Å²) in [5, 5.41) is 37.7. The molecule has 452 valence electrons. The Bertz CT molecular complexity index is 2490. The Morgan fingerprint density at radius 3 is 0.936 bits per heavy atom. The van der Waals surface area contributed by atoms with Gasteiger partial charge in [-0.25, -0.2) is 0 Å². The molecule has 0 aliphatic heterocycles. The van der Waals surface area contributed by atoms with Crippen LogP contribution in [0.2, 0.25) is 0 Å². The summed E-state index contributed by atoms with van der Waals surface area (Å²) in [7, 11) is 0. The Balaban J connectivity index is 0.000000868. The molecule has 0 saturated heterocycles. The molecule has 2 aromatic carbocycles. The lowest BCUT2D eigenvalue weighted by atomic mass is 9.93. The second kappa shape index (κ2) is 20.2. The van der Waals surface area contributed by atoms with Crippen molar-refractivity contribution in [2.45, 2.75) is 102 Å². The molecule has 3 atom stereocenters. The Morgan fingerprint density at radius 1 is 0.333 bits per heavy atom. The van der Waals surface area contributed by atoms with E-state index in [1.54, 1.807) is 4.74 Å². The predicted octanol–water partition coefficient (Wildman–Crippen LogP) is 12.5. The summed E-state index contributed by atoms with van der Waals surface area (Å²) in [5.41, 5.74) is -3.06. The fourth-order valence-electron chi connectivity index (χ4n) is 4.25. The van der Waals surface area contributed by atoms with E-state index in [0.717, 1.165) is 9.47 Å². The fourth-order valence-corrected chi connectivity index (χ4v) is 4.25. The number of nitrogens with one attached hydrogen (secondary N) is 2. The minimum Gasteiger partial charge on any atom is -0.508 e. The van der Waals surface area contributed by atoms with Crippen LogP contribution in [-0.2, 0) is 23.8 Å². The number of carbonyl (C=O) groups is 2. The van der Waals surface area contributed by atoms with Crippen LogP contribution in [-0.4, -0.2) is 135 Å². The Kier molecular flexibility index (Phi) is 18.2. The number of phenols is 4. The number of amides is 2. The molecule has 0 aromatic heterocycles. The van der Waals surface area contributed by atoms with Gasteiger partial charge in [-0.2, -0.15) is 158 Å². The lowest BCUT2D eigenvalue weighted by Gasteiger charge is -2.42. The summed E-state index contributed by atoms with van der Waals surface area (Å²) in [6.45, 7) is 0. The van der Waals surface area contributed by atoms with Gasteiger partial charge in [-0.1, -0.05) is 0 Å². The number of carbonyl (C=O) groups excluding carboxylic acids is 2. The lowest BCUT2D eigenvalue weighted by molar-refractivity contribution is -0.577. The summed E-state index contributed by atoms with van der Waals surface area (Å²) in [6.07, 6.45) is -65.7. The molecule has 3 unspecified atom stereocenters. The van der Waals surface area contributed by atoms with Crippen LogP contribution in [0.1, 0.15) is 0 Å². The van der Waals surface area contributed by atoms with E-state index in [2.05, 4.69) is 0 Å². The molecule has 0 fully saturated rings. The van der Waals surface area contributed by atoms with Gasteiger partial charge in [0, 0.05) is 12.1 Å². The van der Waals surface area contributed by atoms with Gasteiger partial charge in [-0.05, 0) is 24.3 Å². The summed E-state index contributed by atoms with van der Waals surface area (Å²) in [5.74, 6) is -84.6. The zero-order valence-corrected chi connectivity index (χ0v) is 34.4. The second-order valence-electron chi connectivity index (χ2n) is 13.9. The second-order valence-corrected chi connectivity index (χ2v) is 13.9. The van der Waals surface area contributed by atoms with Crippen LogP contribution in [0.3, 0.4) is 0 Å². The summed E-state index contributed by atoms with van der Waals surface area (Å²) < 4.78 is 479. The van der Waals surface area contributed by atoms with Crippen LogP contribution < -0.4 is 10.6 Å². The van der Waals surface area contributed by atoms with Gasteiger partial charge in [0.15, 0.2) is 0 Å². The van der Waals surface area contributed by atoms with Crippen molar-refractivity contribution < 1.29 is 202 Å². The largest absolute Gasteiger partial charge is 0.508 e. The molecule has 2 rings (SSSR count). The third-order valence-corrected chi connectivity index (χ3v) is 8.34. The summed E-state index contributed by atoms with van der Waals surface area (Å²) in [4.78, 5) is 23.0. The molecular weight excluding hydrogens is 1230 g/mol. The molecule has 0 radical (unpaired) electrons. The van der Waals surface area contributed by atoms with Gasteiger partial charge in [0.05, 0.1) is 11.4 Å². The van der Waals surface area contributed by atoms with Crippen molar-refractivity contribution in [3.63, 3.8) is 0 Å². The Morgan fingerprint density at radius 2 is 0.628 bits per heavy atom. The van der Waals surface area contributed by atoms with E-state index in [1.165, 1.54) is 0 Å². The van der Waals surface area contributed by atoms with E-state index in [0.29, 0.717) is 28.8 Å². The molecule has 0 heterocycles. The van der Waals surface area contributed by atoms with Gasteiger partial charge in [0.2, 0.25) is 0 Å². The van der Waals surface area contributed by atoms with Crippen LogP contribution in [0.25, 0.3) is 0 Å². The number of phenolic OH excluding ortho intramolecular Hbond substituents is 4. The van der Waals surface area contributed by atoms with E-state index in [4.69, 9.17) is 10.2 Å². The van der Waals surface area contributed by atoms with Crippen molar-refractivity contribution in [3.05, 3.63) is 36.4 Å². The molecule has 0 aliphatic rings. The van der Waals surface area contributed by atoms with Crippen LogP contribution in [0, 0.1) is 0 Å². The molecule has 0 aliphatic carbocycles. The van der Waals surface area contributed by atoms with Gasteiger partial charge < -0.3 is 31.1 Å². The molecule has 6 N–H and O–H groups in total. The first-order valence-corrected chi connectivity index (χ1v) is 17.3. The van der Waals surface area contributed by atoms with Gasteiger partial charge in [-0.3, -0.25) is 23.8 Å². The summed E-state index contributed by atoms with van der Waals surface area (Å²) >= 11 is 0. The third-order valence-electron chi connectivity index (χ3n) is 8.34. The van der Waals surface area contributed by atoms with Crippen molar-refractivity contribution in [2.24, 2.45) is 0 Å². The zero-order valence-electron chi connectivity index (χ0n) is 34.4. The number of rotatable bonds is 17. The maximum Gasteiger partial charge on any atom is 0.462 e. The quantitative estimate of drug-likeness (QED) is 0.0513. The fraction of sp³-hybridized carbons (Fsp3) is 0.548. The number of benzene rings is 2. The van der Waals surface area contributed by atoms with E-state index >= 15 is 0 Å². The predicted molar refractivity (Wildman–Crippen MR) is 166 cm³/mol. The maximum atomic E-state index is 14.6. The number of hydrogen-bond donors (Lipinski definition) is 6. The SMILES string of the molecule is O=C(Nc1cc(O)ccc1O)C(F)(F)C(F)(F)C(F)(F)C(F)(F)C(F)(F)C(F)(F)F.O=C(Nc1cc(O)ccc1O)C(F)(OC(F)(F)C(F)(OC(F)(F)C(F)(OC(F)(F)C(F)(F)C(F)(F)F)C(F)(F)F)C(F)(F)F)C(F)(F)F. The van der Waals surface area contributed by atoms with Crippen molar-refractivity contribution in [1.29, 1.82) is 0 Å². The topological polar surface area (TPSA) is 167 Å². The highest BCUT2D eigenvalue weighted by molar-refractivity contribution is 5.99. The zero-order chi connectivity index (χ0) is 62.9. The minimum atomic E-state index is -8.82. The molecule has 47 heteroatoms. The van der Waals surface area contributed by atoms with E-state index in [-0.39, 0.29) is 18.2 Å². The highest BCUT2D eigenvalue weighted by Gasteiger charge is 2.92. The van der Waals surface area contributed by atoms with E-state index < -0.39 is 148 Å². The summed E-state index contributed by atoms with van der Waals surface area (Å²) in [6, 6.07) is 1.83. The number of anilines is 2. The van der Waals surface area contributed by atoms with E-state index in [9.17, 15) is 178 Å². The van der Waals surface area contributed by atoms with Crippen LogP contribution in [0.5, 0.6) is 23.0 Å². The lowest BCUT2D eigenvalue weighted by Crippen LogP contribution is -2.71. The number of ether oxygens (including phenoxy) is 3. The van der Waals surface area contributed by atoms with Gasteiger partial charge in [0.1, 0.15) is 23.0 Å². The number of alkyl halides is 36. The van der Waals surface area contributed by atoms with Crippen LogP contribution >= 0.6 is 0 Å². The Hall–Kier alpha value is -6.06. The molecule has 11 nitrogen and oxygen atoms in total. The molecule has 78 heavy (non-hydrogen) atoms. The first kappa shape index (κ1) is 70.0. The first-order valence-electron chi connectivity index (χ1n) is 17.3. The Labute approximate surface area is 398 Å². The highest BCUT2D eigenvalue weighted by atomic mass is 19.5. The number of halogens is 36. The average molecular weight is 1240 g/mol. The van der Waals surface area contributed by atoms with Crippen LogP contribution in [0.15, 0.2) is 36.4 Å². The van der Waals surface area contributed by atoms with Gasteiger partial charge in [-0.15, -0.1) is 0 Å². The van der Waals surface area contributed by atoms with E-state index in [1.807, 2.05) is 0 Å². The van der Waals surface area contributed by atoms with Crippen molar-refractivity contribution >= 4 is 23.2 Å². The third kappa shape index (κ3) is 12.1. The average Bonchev–Trinajstić information content (AvgIpc) is 3.20. The monoisotopic (exact) mass is 1240 g/mol. The minimum absolute atomic E-state index is 0.0863. The number of aromatic hydroxyl groups is 4. The maximum absolute atomic E-state index is 14.6. The van der Waals surface area contributed by atoms with Gasteiger partial charge >= 0.3 is 108 Å². The number of hydrogen-bond acceptors (Lipinski definition) is 9. The molecule has 0 spiro atoms. The molecule has 2 aromatic rings. The molecule has 0 saturated carbocycles. The first-order chi connectivity index (χ1) is 33.7. The normalized spacial score (nSPS) is 17.0. The molecular formula is C31H12F36N2O9. The molecule has 0 bridgehead atoms. The van der Waals surface area contributed by atoms with Crippen molar-refractivity contribution in [3.8, 4) is 23.0 Å². The highest BCUT2D eigenvalue weighted by Crippen LogP contribution is 2.62.